The Labute approximate surface area is 119 Å². The summed E-state index contributed by atoms with van der Waals surface area (Å²) in [6.45, 7) is 3.24. The smallest absolute Gasteiger partial charge is 0.139 e. The minimum Gasteiger partial charge on any atom is -0.396 e. The van der Waals surface area contributed by atoms with Gasteiger partial charge in [0.15, 0.2) is 0 Å². The number of aliphatic hydroxyl groups is 1. The molecule has 2 heterocycles. The molecule has 1 atom stereocenters. The molecular weight excluding hydrogens is 258 g/mol. The van der Waals surface area contributed by atoms with Crippen LogP contribution in [0, 0.1) is 6.92 Å². The summed E-state index contributed by atoms with van der Waals surface area (Å²) < 4.78 is 0. The molecule has 0 amide bonds. The topological polar surface area (TPSA) is 62.4 Å². The van der Waals surface area contributed by atoms with Gasteiger partial charge in [0.2, 0.25) is 0 Å². The summed E-state index contributed by atoms with van der Waals surface area (Å²) >= 11 is 5.17. The highest BCUT2D eigenvalue weighted by atomic mass is 32.1. The van der Waals surface area contributed by atoms with E-state index in [1.54, 1.807) is 0 Å². The van der Waals surface area contributed by atoms with Crippen molar-refractivity contribution in [2.45, 2.75) is 38.6 Å². The van der Waals surface area contributed by atoms with E-state index in [-0.39, 0.29) is 6.61 Å². The first kappa shape index (κ1) is 14.2. The summed E-state index contributed by atoms with van der Waals surface area (Å²) in [5.74, 6) is 0.910. The molecule has 0 aliphatic carbocycles. The Kier molecular flexibility index (Phi) is 4.71. The monoisotopic (exact) mass is 279 g/mol. The van der Waals surface area contributed by atoms with Crippen LogP contribution in [-0.4, -0.2) is 34.3 Å². The van der Waals surface area contributed by atoms with Gasteiger partial charge >= 0.3 is 0 Å². The standard InChI is InChI=1S/C14H21N3OS/c1-10-6-7-16-14(12(10)13(15)19)17-8-2-4-11(17)5-3-9-18/h6-7,11,18H,2-5,8-9H2,1H3,(H2,15,19). The van der Waals surface area contributed by atoms with E-state index in [1.807, 2.05) is 19.2 Å². The Morgan fingerprint density at radius 2 is 2.42 bits per heavy atom. The summed E-state index contributed by atoms with van der Waals surface area (Å²) in [7, 11) is 0. The van der Waals surface area contributed by atoms with Crippen molar-refractivity contribution >= 4 is 23.0 Å². The molecule has 0 aromatic carbocycles. The van der Waals surface area contributed by atoms with E-state index in [1.165, 1.54) is 0 Å². The number of rotatable bonds is 5. The highest BCUT2D eigenvalue weighted by Crippen LogP contribution is 2.30. The Balaban J connectivity index is 2.30. The molecule has 0 spiro atoms. The van der Waals surface area contributed by atoms with Crippen molar-refractivity contribution in [2.24, 2.45) is 5.73 Å². The van der Waals surface area contributed by atoms with E-state index < -0.39 is 0 Å². The number of aryl methyl sites for hydroxylation is 1. The van der Waals surface area contributed by atoms with Gasteiger partial charge in [-0.3, -0.25) is 0 Å². The zero-order valence-electron chi connectivity index (χ0n) is 11.3. The molecule has 1 aromatic heterocycles. The lowest BCUT2D eigenvalue weighted by Crippen LogP contribution is -2.32. The first-order chi connectivity index (χ1) is 9.15. The molecule has 5 heteroatoms. The molecule has 1 fully saturated rings. The van der Waals surface area contributed by atoms with Crippen LogP contribution >= 0.6 is 12.2 Å². The van der Waals surface area contributed by atoms with Gasteiger partial charge in [-0.15, -0.1) is 0 Å². The third-order valence-electron chi connectivity index (χ3n) is 3.73. The van der Waals surface area contributed by atoms with Gasteiger partial charge in [0.1, 0.15) is 10.8 Å². The third kappa shape index (κ3) is 3.04. The van der Waals surface area contributed by atoms with Crippen molar-refractivity contribution in [1.29, 1.82) is 0 Å². The Morgan fingerprint density at radius 1 is 1.63 bits per heavy atom. The van der Waals surface area contributed by atoms with Gasteiger partial charge in [0, 0.05) is 25.4 Å². The zero-order valence-corrected chi connectivity index (χ0v) is 12.1. The van der Waals surface area contributed by atoms with E-state index in [0.29, 0.717) is 11.0 Å². The zero-order chi connectivity index (χ0) is 13.8. The maximum absolute atomic E-state index is 9.00. The van der Waals surface area contributed by atoms with E-state index in [4.69, 9.17) is 23.1 Å². The van der Waals surface area contributed by atoms with Crippen LogP contribution in [0.3, 0.4) is 0 Å². The fraction of sp³-hybridized carbons (Fsp3) is 0.571. The van der Waals surface area contributed by atoms with Crippen molar-refractivity contribution in [3.05, 3.63) is 23.4 Å². The number of nitrogens with two attached hydrogens (primary N) is 1. The van der Waals surface area contributed by atoms with Crippen LogP contribution in [0.1, 0.15) is 36.8 Å². The van der Waals surface area contributed by atoms with Gasteiger partial charge in [0.05, 0.1) is 5.56 Å². The number of pyridine rings is 1. The molecule has 1 saturated heterocycles. The van der Waals surface area contributed by atoms with Gasteiger partial charge in [-0.05, 0) is 44.2 Å². The van der Waals surface area contributed by atoms with E-state index in [0.717, 1.165) is 49.2 Å². The lowest BCUT2D eigenvalue weighted by Gasteiger charge is -2.28. The van der Waals surface area contributed by atoms with Gasteiger partial charge in [0.25, 0.3) is 0 Å². The first-order valence-electron chi connectivity index (χ1n) is 6.78. The Morgan fingerprint density at radius 3 is 3.11 bits per heavy atom. The minimum atomic E-state index is 0.244. The second-order valence-electron chi connectivity index (χ2n) is 5.05. The average molecular weight is 279 g/mol. The molecule has 0 radical (unpaired) electrons. The highest BCUT2D eigenvalue weighted by Gasteiger charge is 2.27. The van der Waals surface area contributed by atoms with Crippen molar-refractivity contribution in [3.8, 4) is 0 Å². The van der Waals surface area contributed by atoms with Crippen molar-refractivity contribution < 1.29 is 5.11 Å². The van der Waals surface area contributed by atoms with Crippen LogP contribution in [0.2, 0.25) is 0 Å². The van der Waals surface area contributed by atoms with Crippen molar-refractivity contribution in [1.82, 2.24) is 4.98 Å². The number of aliphatic hydroxyl groups excluding tert-OH is 1. The number of aromatic nitrogens is 1. The van der Waals surface area contributed by atoms with Crippen LogP contribution < -0.4 is 10.6 Å². The van der Waals surface area contributed by atoms with Crippen LogP contribution in [0.15, 0.2) is 12.3 Å². The Hall–Kier alpha value is -1.20. The van der Waals surface area contributed by atoms with E-state index in [2.05, 4.69) is 9.88 Å². The van der Waals surface area contributed by atoms with E-state index >= 15 is 0 Å². The fourth-order valence-electron chi connectivity index (χ4n) is 2.81. The normalized spacial score (nSPS) is 18.8. The number of hydrogen-bond acceptors (Lipinski definition) is 4. The summed E-state index contributed by atoms with van der Waals surface area (Å²) in [6, 6.07) is 2.38. The molecular formula is C14H21N3OS. The van der Waals surface area contributed by atoms with Crippen LogP contribution in [0.4, 0.5) is 5.82 Å². The average Bonchev–Trinajstić information content (AvgIpc) is 2.83. The summed E-state index contributed by atoms with van der Waals surface area (Å²) in [5.41, 5.74) is 7.82. The number of hydrogen-bond donors (Lipinski definition) is 2. The molecule has 3 N–H and O–H groups in total. The van der Waals surface area contributed by atoms with Gasteiger partial charge < -0.3 is 15.7 Å². The van der Waals surface area contributed by atoms with Gasteiger partial charge in [-0.2, -0.15) is 0 Å². The Bertz CT molecular complexity index is 464. The van der Waals surface area contributed by atoms with Gasteiger partial charge in [-0.25, -0.2) is 4.98 Å². The van der Waals surface area contributed by atoms with E-state index in [9.17, 15) is 0 Å². The number of thiocarbonyl (C=S) groups is 1. The number of anilines is 1. The molecule has 4 nitrogen and oxygen atoms in total. The van der Waals surface area contributed by atoms with Crippen LogP contribution in [-0.2, 0) is 0 Å². The molecule has 1 aliphatic rings. The molecule has 0 saturated carbocycles. The summed E-state index contributed by atoms with van der Waals surface area (Å²) in [6.07, 6.45) is 5.93. The maximum atomic E-state index is 9.00. The second-order valence-corrected chi connectivity index (χ2v) is 5.49. The number of nitrogens with zero attached hydrogens (tertiary/aromatic N) is 2. The molecule has 1 aliphatic heterocycles. The van der Waals surface area contributed by atoms with Crippen LogP contribution in [0.25, 0.3) is 0 Å². The molecule has 1 unspecified atom stereocenters. The predicted octanol–water partition coefficient (Wildman–Crippen LogP) is 1.77. The molecule has 19 heavy (non-hydrogen) atoms. The largest absolute Gasteiger partial charge is 0.396 e. The highest BCUT2D eigenvalue weighted by molar-refractivity contribution is 7.80. The lowest BCUT2D eigenvalue weighted by atomic mass is 10.1. The van der Waals surface area contributed by atoms with Gasteiger partial charge in [-0.1, -0.05) is 12.2 Å². The quantitative estimate of drug-likeness (QED) is 0.804. The minimum absolute atomic E-state index is 0.244. The fourth-order valence-corrected chi connectivity index (χ4v) is 3.06. The summed E-state index contributed by atoms with van der Waals surface area (Å²) in [5, 5.41) is 9.00. The predicted molar refractivity (Wildman–Crippen MR) is 81.5 cm³/mol. The second kappa shape index (κ2) is 6.30. The van der Waals surface area contributed by atoms with Crippen LogP contribution in [0.5, 0.6) is 0 Å². The molecule has 104 valence electrons. The molecule has 0 bridgehead atoms. The van der Waals surface area contributed by atoms with Crippen molar-refractivity contribution in [3.63, 3.8) is 0 Å². The SMILES string of the molecule is Cc1ccnc(N2CCCC2CCCO)c1C(N)=S. The maximum Gasteiger partial charge on any atom is 0.139 e. The third-order valence-corrected chi connectivity index (χ3v) is 3.93. The van der Waals surface area contributed by atoms with Crippen molar-refractivity contribution in [2.75, 3.05) is 18.1 Å². The molecule has 2 rings (SSSR count). The summed E-state index contributed by atoms with van der Waals surface area (Å²) in [4.78, 5) is 7.21. The lowest BCUT2D eigenvalue weighted by molar-refractivity contribution is 0.279. The molecule has 1 aromatic rings. The first-order valence-corrected chi connectivity index (χ1v) is 7.19.